The fourth-order valence-corrected chi connectivity index (χ4v) is 3.80. The van der Waals surface area contributed by atoms with Crippen molar-refractivity contribution in [2.75, 3.05) is 31.5 Å². The van der Waals surface area contributed by atoms with Crippen molar-refractivity contribution in [3.63, 3.8) is 0 Å². The third kappa shape index (κ3) is 8.86. The molecule has 0 saturated heterocycles. The third-order valence-electron chi connectivity index (χ3n) is 5.72. The van der Waals surface area contributed by atoms with Gasteiger partial charge in [0.05, 0.1) is 11.4 Å². The molecule has 1 aliphatic rings. The lowest BCUT2D eigenvalue weighted by molar-refractivity contribution is 0.255. The molecule has 0 aromatic heterocycles. The minimum Gasteiger partial charge on any atom is -0.370 e. The van der Waals surface area contributed by atoms with Crippen molar-refractivity contribution < 1.29 is 18.0 Å². The molecule has 0 atom stereocenters. The van der Waals surface area contributed by atoms with Gasteiger partial charge in [-0.15, -0.1) is 0 Å². The molecule has 0 fully saturated rings. The summed E-state index contributed by atoms with van der Waals surface area (Å²) in [5, 5.41) is 17.4. The Morgan fingerprint density at radius 2 is 1.74 bits per heavy atom. The number of nitrogens with two attached hydrogens (primary N) is 2. The highest BCUT2D eigenvalue weighted by atomic mass is 19.2. The first-order valence-electron chi connectivity index (χ1n) is 12.2. The molecule has 0 unspecified atom stereocenters. The van der Waals surface area contributed by atoms with Crippen LogP contribution in [0.5, 0.6) is 0 Å². The van der Waals surface area contributed by atoms with Gasteiger partial charge >= 0.3 is 6.03 Å². The van der Waals surface area contributed by atoms with E-state index in [0.717, 1.165) is 43.6 Å². The Labute approximate surface area is 224 Å². The molecule has 208 valence electrons. The number of benzene rings is 2. The number of carbonyl (C=O) groups is 1. The number of hydrogen-bond donors (Lipinski definition) is 7. The molecule has 1 aliphatic heterocycles. The van der Waals surface area contributed by atoms with Gasteiger partial charge in [-0.3, -0.25) is 15.6 Å². The fraction of sp³-hybridized carbons (Fsp3) is 0.269. The number of carbonyl (C=O) groups excluding carboxylic acids is 1. The van der Waals surface area contributed by atoms with E-state index in [4.69, 9.17) is 16.9 Å². The number of rotatable bonds is 11. The van der Waals surface area contributed by atoms with Gasteiger partial charge < -0.3 is 27.4 Å². The summed E-state index contributed by atoms with van der Waals surface area (Å²) in [5.74, 6) is -3.79. The van der Waals surface area contributed by atoms with Crippen LogP contribution >= 0.6 is 0 Å². The zero-order valence-electron chi connectivity index (χ0n) is 21.3. The molecule has 0 aliphatic carbocycles. The summed E-state index contributed by atoms with van der Waals surface area (Å²) >= 11 is 0. The van der Waals surface area contributed by atoms with Crippen LogP contribution in [0, 0.1) is 22.9 Å². The van der Waals surface area contributed by atoms with E-state index in [1.54, 1.807) is 6.20 Å². The van der Waals surface area contributed by atoms with E-state index in [0.29, 0.717) is 36.5 Å². The topological polar surface area (TPSA) is 157 Å². The van der Waals surface area contributed by atoms with Crippen LogP contribution in [-0.4, -0.2) is 49.0 Å². The second-order valence-electron chi connectivity index (χ2n) is 8.74. The third-order valence-corrected chi connectivity index (χ3v) is 5.72. The van der Waals surface area contributed by atoms with Crippen LogP contribution in [0.1, 0.15) is 24.0 Å². The summed E-state index contributed by atoms with van der Waals surface area (Å²) in [7, 11) is 0. The maximum absolute atomic E-state index is 13.8. The van der Waals surface area contributed by atoms with Crippen LogP contribution in [0.2, 0.25) is 0 Å². The van der Waals surface area contributed by atoms with Crippen molar-refractivity contribution in [3.05, 3.63) is 83.5 Å². The van der Waals surface area contributed by atoms with Crippen molar-refractivity contribution in [1.29, 1.82) is 5.41 Å². The average Bonchev–Trinajstić information content (AvgIpc) is 2.88. The largest absolute Gasteiger partial charge is 0.370 e. The van der Waals surface area contributed by atoms with Crippen molar-refractivity contribution in [2.24, 2.45) is 16.5 Å². The second-order valence-corrected chi connectivity index (χ2v) is 8.74. The molecule has 2 aromatic rings. The highest BCUT2D eigenvalue weighted by Crippen LogP contribution is 2.25. The molecule has 0 spiro atoms. The van der Waals surface area contributed by atoms with Gasteiger partial charge in [0.25, 0.3) is 0 Å². The lowest BCUT2D eigenvalue weighted by atomic mass is 10.0. The monoisotopic (exact) mass is 543 g/mol. The minimum atomic E-state index is -1.36. The summed E-state index contributed by atoms with van der Waals surface area (Å²) in [4.78, 5) is 18.7. The molecule has 0 saturated carbocycles. The zero-order valence-corrected chi connectivity index (χ0v) is 21.3. The average molecular weight is 544 g/mol. The highest BCUT2D eigenvalue weighted by molar-refractivity contribution is 6.05. The van der Waals surface area contributed by atoms with E-state index in [-0.39, 0.29) is 11.9 Å². The Balaban J connectivity index is 1.56. The van der Waals surface area contributed by atoms with Gasteiger partial charge in [0.1, 0.15) is 5.82 Å². The number of guanidine groups is 2. The zero-order chi connectivity index (χ0) is 28.4. The molecular weight excluding hydrogens is 511 g/mol. The maximum atomic E-state index is 13.8. The van der Waals surface area contributed by atoms with Crippen molar-refractivity contribution >= 4 is 29.2 Å². The first-order valence-corrected chi connectivity index (χ1v) is 12.2. The Hall–Kier alpha value is -4.36. The first kappa shape index (κ1) is 29.2. The molecule has 9 N–H and O–H groups in total. The lowest BCUT2D eigenvalue weighted by Crippen LogP contribution is -2.42. The molecule has 3 rings (SSSR count). The van der Waals surface area contributed by atoms with Crippen LogP contribution in [0.25, 0.3) is 5.57 Å². The van der Waals surface area contributed by atoms with E-state index in [1.807, 2.05) is 24.3 Å². The predicted octanol–water partition coefficient (Wildman–Crippen LogP) is 2.76. The second kappa shape index (κ2) is 14.0. The highest BCUT2D eigenvalue weighted by Gasteiger charge is 2.17. The van der Waals surface area contributed by atoms with Crippen LogP contribution in [0.3, 0.4) is 0 Å². The van der Waals surface area contributed by atoms with Gasteiger partial charge in [0, 0.05) is 43.5 Å². The SMILES string of the molecule is C=C1N=C(NC(=O)Nc2cc(F)c(F)cc2F)NC=C1c1ccc(CN(CCCN)CCCNC(=N)N)cc1. The minimum absolute atomic E-state index is 0.0238. The number of amides is 2. The number of anilines is 1. The molecular formula is C26H32F3N9O. The van der Waals surface area contributed by atoms with E-state index < -0.39 is 29.2 Å². The smallest absolute Gasteiger partial charge is 0.326 e. The Morgan fingerprint density at radius 3 is 2.41 bits per heavy atom. The van der Waals surface area contributed by atoms with Gasteiger partial charge in [0.2, 0.25) is 5.96 Å². The molecule has 2 aromatic carbocycles. The molecule has 10 nitrogen and oxygen atoms in total. The molecule has 13 heteroatoms. The molecule has 0 radical (unpaired) electrons. The number of aliphatic imine (C=N–C) groups is 1. The normalized spacial score (nSPS) is 12.9. The van der Waals surface area contributed by atoms with Crippen LogP contribution in [0.4, 0.5) is 23.7 Å². The van der Waals surface area contributed by atoms with Crippen LogP contribution < -0.4 is 32.7 Å². The van der Waals surface area contributed by atoms with Crippen molar-refractivity contribution in [1.82, 2.24) is 20.9 Å². The number of nitrogens with zero attached hydrogens (tertiary/aromatic N) is 2. The number of allylic oxidation sites excluding steroid dienone is 1. The summed E-state index contributed by atoms with van der Waals surface area (Å²) in [6, 6.07) is 7.89. The number of hydrogen-bond acceptors (Lipinski definition) is 6. The van der Waals surface area contributed by atoms with E-state index in [1.165, 1.54) is 0 Å². The molecule has 1 heterocycles. The summed E-state index contributed by atoms with van der Waals surface area (Å²) in [5.41, 5.74) is 13.5. The molecule has 2 amide bonds. The van der Waals surface area contributed by atoms with Crippen molar-refractivity contribution in [3.8, 4) is 0 Å². The van der Waals surface area contributed by atoms with Crippen LogP contribution in [0.15, 0.2) is 59.9 Å². The lowest BCUT2D eigenvalue weighted by Gasteiger charge is -2.23. The fourth-order valence-electron chi connectivity index (χ4n) is 3.80. The van der Waals surface area contributed by atoms with Gasteiger partial charge in [-0.2, -0.15) is 0 Å². The number of urea groups is 1. The van der Waals surface area contributed by atoms with E-state index >= 15 is 0 Å². The standard InChI is InChI=1S/C26H32F3N9O/c1-16-19(14-34-25(35-16)37-26(39)36-23-13-21(28)20(27)12-22(23)29)18-6-4-17(5-7-18)15-38(10-2-8-30)11-3-9-33-24(31)32/h4-7,12-14H,1-3,8-11,15,30H2,(H4,31,32,33)(H3,34,35,36,37,39). The van der Waals surface area contributed by atoms with Gasteiger partial charge in [-0.05, 0) is 37.1 Å². The van der Waals surface area contributed by atoms with Crippen molar-refractivity contribution in [2.45, 2.75) is 19.4 Å². The predicted molar refractivity (Wildman–Crippen MR) is 146 cm³/mol. The van der Waals surface area contributed by atoms with Crippen LogP contribution in [-0.2, 0) is 6.54 Å². The quantitative estimate of drug-likeness (QED) is 0.100. The van der Waals surface area contributed by atoms with E-state index in [9.17, 15) is 18.0 Å². The first-order chi connectivity index (χ1) is 18.7. The summed E-state index contributed by atoms with van der Waals surface area (Å²) in [6.07, 6.45) is 3.33. The van der Waals surface area contributed by atoms with Gasteiger partial charge in [0.15, 0.2) is 17.6 Å². The maximum Gasteiger partial charge on any atom is 0.326 e. The number of halogens is 3. The summed E-state index contributed by atoms with van der Waals surface area (Å²) < 4.78 is 40.2. The summed E-state index contributed by atoms with van der Waals surface area (Å²) in [6.45, 7) is 7.58. The van der Waals surface area contributed by atoms with E-state index in [2.05, 4.69) is 37.7 Å². The Bertz CT molecular complexity index is 1260. The Morgan fingerprint density at radius 1 is 1.05 bits per heavy atom. The Kier molecular flexibility index (Phi) is 10.5. The molecule has 39 heavy (non-hydrogen) atoms. The van der Waals surface area contributed by atoms with Gasteiger partial charge in [-0.1, -0.05) is 30.8 Å². The molecule has 0 bridgehead atoms. The number of nitrogens with one attached hydrogen (secondary N) is 5. The van der Waals surface area contributed by atoms with Gasteiger partial charge in [-0.25, -0.2) is 23.0 Å².